The number of amides is 1. The Morgan fingerprint density at radius 1 is 1.41 bits per heavy atom. The molecule has 1 amide bonds. The highest BCUT2D eigenvalue weighted by Crippen LogP contribution is 2.58. The Hall–Kier alpha value is -1.51. The van der Waals surface area contributed by atoms with Gasteiger partial charge < -0.3 is 9.64 Å². The summed E-state index contributed by atoms with van der Waals surface area (Å²) in [5.74, 6) is 2.50. The molecule has 17 heavy (non-hydrogen) atoms. The lowest BCUT2D eigenvalue weighted by atomic mass is 9.65. The summed E-state index contributed by atoms with van der Waals surface area (Å²) in [6.45, 7) is 0. The fraction of sp³-hybridized carbons (Fsp3) is 0.500. The van der Waals surface area contributed by atoms with E-state index in [9.17, 15) is 4.79 Å². The number of carbonyl (C=O) groups is 1. The van der Waals surface area contributed by atoms with Crippen LogP contribution < -0.4 is 9.64 Å². The molecule has 4 rings (SSSR count). The molecule has 2 heterocycles. The van der Waals surface area contributed by atoms with Crippen LogP contribution in [0.5, 0.6) is 5.75 Å². The molecule has 1 saturated carbocycles. The molecule has 1 aliphatic carbocycles. The van der Waals surface area contributed by atoms with Crippen LogP contribution in [0, 0.1) is 5.92 Å². The molecule has 3 heteroatoms. The van der Waals surface area contributed by atoms with Crippen molar-refractivity contribution in [3.8, 4) is 5.75 Å². The molecule has 0 bridgehead atoms. The van der Waals surface area contributed by atoms with Gasteiger partial charge >= 0.3 is 0 Å². The first-order valence-electron chi connectivity index (χ1n) is 6.29. The van der Waals surface area contributed by atoms with Crippen molar-refractivity contribution in [1.29, 1.82) is 0 Å². The van der Waals surface area contributed by atoms with Gasteiger partial charge in [-0.2, -0.15) is 0 Å². The summed E-state index contributed by atoms with van der Waals surface area (Å²) >= 11 is 0. The Labute approximate surface area is 100 Å². The number of rotatable bonds is 1. The highest BCUT2D eigenvalue weighted by molar-refractivity contribution is 5.98. The average molecular weight is 229 g/mol. The Morgan fingerprint density at radius 3 is 3.12 bits per heavy atom. The highest BCUT2D eigenvalue weighted by Gasteiger charge is 2.55. The predicted molar refractivity (Wildman–Crippen MR) is 64.4 cm³/mol. The van der Waals surface area contributed by atoms with Crippen molar-refractivity contribution in [1.82, 2.24) is 0 Å². The normalized spacial score (nSPS) is 32.9. The van der Waals surface area contributed by atoms with Crippen molar-refractivity contribution < 1.29 is 9.53 Å². The number of benzene rings is 1. The minimum Gasteiger partial charge on any atom is -0.497 e. The standard InChI is InChI=1S/C14H15NO2/c1-17-9-3-4-12-10(7-9)11-6-8-2-5-13(16)15(12)14(8)11/h3-4,7-8,11,14H,2,5-6H2,1H3/t8-,11-,14-/m0/s1. The van der Waals surface area contributed by atoms with Crippen LogP contribution in [0.1, 0.15) is 30.7 Å². The quantitative estimate of drug-likeness (QED) is 0.739. The van der Waals surface area contributed by atoms with E-state index in [1.54, 1.807) is 7.11 Å². The molecule has 3 nitrogen and oxygen atoms in total. The fourth-order valence-corrected chi connectivity index (χ4v) is 3.79. The van der Waals surface area contributed by atoms with Crippen LogP contribution in [0.3, 0.4) is 0 Å². The molecule has 1 aromatic carbocycles. The smallest absolute Gasteiger partial charge is 0.227 e. The van der Waals surface area contributed by atoms with Crippen LogP contribution in [-0.4, -0.2) is 19.1 Å². The van der Waals surface area contributed by atoms with Crippen molar-refractivity contribution in [2.45, 2.75) is 31.2 Å². The Balaban J connectivity index is 1.85. The number of piperidine rings is 1. The van der Waals surface area contributed by atoms with E-state index >= 15 is 0 Å². The summed E-state index contributed by atoms with van der Waals surface area (Å²) in [6.07, 6.45) is 3.05. The number of fused-ring (bicyclic) bond motifs is 3. The number of ether oxygens (including phenoxy) is 1. The summed E-state index contributed by atoms with van der Waals surface area (Å²) in [5.41, 5.74) is 2.45. The molecule has 0 spiro atoms. The van der Waals surface area contributed by atoms with Gasteiger partial charge in [0.25, 0.3) is 0 Å². The van der Waals surface area contributed by atoms with E-state index < -0.39 is 0 Å². The van der Waals surface area contributed by atoms with Gasteiger partial charge in [0.2, 0.25) is 5.91 Å². The number of hydrogen-bond acceptors (Lipinski definition) is 2. The zero-order valence-electron chi connectivity index (χ0n) is 9.85. The maximum Gasteiger partial charge on any atom is 0.227 e. The van der Waals surface area contributed by atoms with Gasteiger partial charge in [-0.1, -0.05) is 0 Å². The third-order valence-electron chi connectivity index (χ3n) is 4.64. The summed E-state index contributed by atoms with van der Waals surface area (Å²) in [5, 5.41) is 0. The summed E-state index contributed by atoms with van der Waals surface area (Å²) < 4.78 is 5.28. The van der Waals surface area contributed by atoms with Gasteiger partial charge in [0.1, 0.15) is 5.75 Å². The highest BCUT2D eigenvalue weighted by atomic mass is 16.5. The topological polar surface area (TPSA) is 29.5 Å². The van der Waals surface area contributed by atoms with Crippen molar-refractivity contribution in [2.24, 2.45) is 5.92 Å². The van der Waals surface area contributed by atoms with Gasteiger partial charge in [-0.15, -0.1) is 0 Å². The molecule has 2 fully saturated rings. The Kier molecular flexibility index (Phi) is 1.70. The van der Waals surface area contributed by atoms with Gasteiger partial charge in [0, 0.05) is 24.1 Å². The van der Waals surface area contributed by atoms with E-state index in [0.29, 0.717) is 17.9 Å². The number of anilines is 1. The van der Waals surface area contributed by atoms with Crippen LogP contribution in [0.4, 0.5) is 5.69 Å². The van der Waals surface area contributed by atoms with Crippen molar-refractivity contribution in [2.75, 3.05) is 12.0 Å². The van der Waals surface area contributed by atoms with Gasteiger partial charge in [-0.25, -0.2) is 0 Å². The van der Waals surface area contributed by atoms with Gasteiger partial charge in [0.05, 0.1) is 7.11 Å². The van der Waals surface area contributed by atoms with Crippen LogP contribution in [0.2, 0.25) is 0 Å². The van der Waals surface area contributed by atoms with Crippen LogP contribution >= 0.6 is 0 Å². The zero-order chi connectivity index (χ0) is 11.6. The molecule has 88 valence electrons. The maximum absolute atomic E-state index is 12.1. The predicted octanol–water partition coefficient (Wildman–Crippen LogP) is 2.31. The molecule has 0 aromatic heterocycles. The van der Waals surface area contributed by atoms with E-state index in [-0.39, 0.29) is 0 Å². The third kappa shape index (κ3) is 1.05. The number of hydrogen-bond donors (Lipinski definition) is 0. The first-order valence-corrected chi connectivity index (χ1v) is 6.29. The minimum atomic E-state index is 0.305. The maximum atomic E-state index is 12.1. The second-order valence-corrected chi connectivity index (χ2v) is 5.32. The SMILES string of the molecule is COc1ccc2c(c1)[C@@H]1C[C@@H]3CCC(=O)N2[C@@H]31. The Morgan fingerprint density at radius 2 is 2.29 bits per heavy atom. The van der Waals surface area contributed by atoms with Crippen LogP contribution in [-0.2, 0) is 4.79 Å². The number of carbonyl (C=O) groups excluding carboxylic acids is 1. The molecule has 1 aromatic rings. The van der Waals surface area contributed by atoms with E-state index in [0.717, 1.165) is 30.2 Å². The monoisotopic (exact) mass is 229 g/mol. The molecule has 2 aliphatic heterocycles. The summed E-state index contributed by atoms with van der Waals surface area (Å²) in [7, 11) is 1.69. The van der Waals surface area contributed by atoms with Crippen molar-refractivity contribution in [3.63, 3.8) is 0 Å². The first kappa shape index (κ1) is 9.51. The molecule has 0 N–H and O–H groups in total. The Bertz CT molecular complexity index is 511. The largest absolute Gasteiger partial charge is 0.497 e. The van der Waals surface area contributed by atoms with E-state index in [2.05, 4.69) is 11.0 Å². The van der Waals surface area contributed by atoms with Gasteiger partial charge in [-0.3, -0.25) is 4.79 Å². The lowest BCUT2D eigenvalue weighted by molar-refractivity contribution is -0.122. The number of nitrogens with zero attached hydrogens (tertiary/aromatic N) is 1. The fourth-order valence-electron chi connectivity index (χ4n) is 3.79. The lowest BCUT2D eigenvalue weighted by Gasteiger charge is -2.47. The van der Waals surface area contributed by atoms with Crippen molar-refractivity contribution >= 4 is 11.6 Å². The second-order valence-electron chi connectivity index (χ2n) is 5.32. The molecular formula is C14H15NO2. The second kappa shape index (κ2) is 3.03. The van der Waals surface area contributed by atoms with Crippen LogP contribution in [0.25, 0.3) is 0 Å². The van der Waals surface area contributed by atoms with E-state index in [1.807, 2.05) is 12.1 Å². The van der Waals surface area contributed by atoms with Gasteiger partial charge in [0.15, 0.2) is 0 Å². The molecule has 3 atom stereocenters. The average Bonchev–Trinajstić information content (AvgIpc) is 2.60. The summed E-state index contributed by atoms with van der Waals surface area (Å²) in [4.78, 5) is 14.1. The lowest BCUT2D eigenvalue weighted by Crippen LogP contribution is -2.54. The zero-order valence-corrected chi connectivity index (χ0v) is 9.85. The molecule has 1 saturated heterocycles. The van der Waals surface area contributed by atoms with Crippen LogP contribution in [0.15, 0.2) is 18.2 Å². The first-order chi connectivity index (χ1) is 8.29. The molecular weight excluding hydrogens is 214 g/mol. The van der Waals surface area contributed by atoms with Crippen molar-refractivity contribution in [3.05, 3.63) is 23.8 Å². The third-order valence-corrected chi connectivity index (χ3v) is 4.64. The minimum absolute atomic E-state index is 0.305. The number of methoxy groups -OCH3 is 1. The van der Waals surface area contributed by atoms with E-state index in [4.69, 9.17) is 4.74 Å². The van der Waals surface area contributed by atoms with E-state index in [1.165, 1.54) is 12.0 Å². The molecule has 0 unspecified atom stereocenters. The van der Waals surface area contributed by atoms with Gasteiger partial charge in [-0.05, 0) is 42.5 Å². The molecule has 0 radical (unpaired) electrons. The summed E-state index contributed by atoms with van der Waals surface area (Å²) in [6, 6.07) is 6.58. The molecule has 3 aliphatic rings.